The molecule has 2 rings (SSSR count). The molecular weight excluding hydrogens is 318 g/mol. The first-order valence-electron chi connectivity index (χ1n) is 6.32. The van der Waals surface area contributed by atoms with Crippen LogP contribution in [0.4, 0.5) is 10.5 Å². The SMILES string of the molecule is C[C@@H]1CN(S(=O)(=O)Nc2cccc(Cl)c2)CCN1C(=O)O. The second-order valence-electron chi connectivity index (χ2n) is 4.80. The maximum atomic E-state index is 12.3. The van der Waals surface area contributed by atoms with Crippen LogP contribution in [0.1, 0.15) is 6.92 Å². The average Bonchev–Trinajstić information content (AvgIpc) is 2.37. The van der Waals surface area contributed by atoms with Crippen molar-refractivity contribution in [2.24, 2.45) is 0 Å². The highest BCUT2D eigenvalue weighted by Gasteiger charge is 2.33. The van der Waals surface area contributed by atoms with Gasteiger partial charge in [0.1, 0.15) is 0 Å². The van der Waals surface area contributed by atoms with Gasteiger partial charge in [-0.25, -0.2) is 4.79 Å². The van der Waals surface area contributed by atoms with Crippen LogP contribution in [0.5, 0.6) is 0 Å². The zero-order valence-corrected chi connectivity index (χ0v) is 12.9. The number of halogens is 1. The number of anilines is 1. The van der Waals surface area contributed by atoms with Gasteiger partial charge in [-0.3, -0.25) is 4.72 Å². The number of hydrogen-bond donors (Lipinski definition) is 2. The van der Waals surface area contributed by atoms with Gasteiger partial charge in [0, 0.05) is 30.7 Å². The van der Waals surface area contributed by atoms with E-state index < -0.39 is 22.3 Å². The first kappa shape index (κ1) is 15.9. The van der Waals surface area contributed by atoms with Gasteiger partial charge in [0.25, 0.3) is 0 Å². The van der Waals surface area contributed by atoms with Crippen LogP contribution in [0.2, 0.25) is 5.02 Å². The highest BCUT2D eigenvalue weighted by Crippen LogP contribution is 2.19. The van der Waals surface area contributed by atoms with Crippen molar-refractivity contribution in [3.05, 3.63) is 29.3 Å². The van der Waals surface area contributed by atoms with Crippen molar-refractivity contribution >= 4 is 33.6 Å². The third-order valence-corrected chi connectivity index (χ3v) is 4.99. The molecular formula is C12H16ClN3O4S. The second-order valence-corrected chi connectivity index (χ2v) is 6.91. The van der Waals surface area contributed by atoms with E-state index in [1.54, 1.807) is 25.1 Å². The molecule has 0 saturated carbocycles. The Morgan fingerprint density at radius 3 is 2.71 bits per heavy atom. The van der Waals surface area contributed by atoms with E-state index in [0.717, 1.165) is 0 Å². The van der Waals surface area contributed by atoms with E-state index in [9.17, 15) is 13.2 Å². The van der Waals surface area contributed by atoms with E-state index in [1.165, 1.54) is 15.3 Å². The molecule has 2 N–H and O–H groups in total. The van der Waals surface area contributed by atoms with Gasteiger partial charge in [0.15, 0.2) is 0 Å². The van der Waals surface area contributed by atoms with Crippen LogP contribution >= 0.6 is 11.6 Å². The average molecular weight is 334 g/mol. The molecule has 0 aliphatic carbocycles. The molecule has 1 aromatic carbocycles. The van der Waals surface area contributed by atoms with E-state index in [2.05, 4.69) is 4.72 Å². The molecule has 0 unspecified atom stereocenters. The van der Waals surface area contributed by atoms with Gasteiger partial charge in [-0.15, -0.1) is 0 Å². The summed E-state index contributed by atoms with van der Waals surface area (Å²) in [6, 6.07) is 6.00. The van der Waals surface area contributed by atoms with Crippen LogP contribution in [-0.4, -0.2) is 54.5 Å². The fourth-order valence-electron chi connectivity index (χ4n) is 2.19. The van der Waals surface area contributed by atoms with E-state index in [0.29, 0.717) is 10.7 Å². The standard InChI is InChI=1S/C12H16ClN3O4S/c1-9-8-15(5-6-16(9)12(17)18)21(19,20)14-11-4-2-3-10(13)7-11/h2-4,7,9,14H,5-6,8H2,1H3,(H,17,18)/t9-/m1/s1. The fourth-order valence-corrected chi connectivity index (χ4v) is 3.67. The molecule has 116 valence electrons. The van der Waals surface area contributed by atoms with Gasteiger partial charge in [-0.2, -0.15) is 12.7 Å². The highest BCUT2D eigenvalue weighted by molar-refractivity contribution is 7.90. The summed E-state index contributed by atoms with van der Waals surface area (Å²) in [7, 11) is -3.73. The molecule has 7 nitrogen and oxygen atoms in total. The van der Waals surface area contributed by atoms with E-state index in [-0.39, 0.29) is 19.6 Å². The quantitative estimate of drug-likeness (QED) is 0.880. The maximum Gasteiger partial charge on any atom is 0.407 e. The van der Waals surface area contributed by atoms with Crippen LogP contribution in [0.15, 0.2) is 24.3 Å². The first-order valence-corrected chi connectivity index (χ1v) is 8.14. The van der Waals surface area contributed by atoms with Crippen molar-refractivity contribution < 1.29 is 18.3 Å². The molecule has 0 spiro atoms. The summed E-state index contributed by atoms with van der Waals surface area (Å²) in [4.78, 5) is 12.2. The largest absolute Gasteiger partial charge is 0.465 e. The summed E-state index contributed by atoms with van der Waals surface area (Å²) in [6.07, 6.45) is -1.04. The van der Waals surface area contributed by atoms with Crippen molar-refractivity contribution in [1.82, 2.24) is 9.21 Å². The molecule has 1 fully saturated rings. The summed E-state index contributed by atoms with van der Waals surface area (Å²) in [5, 5.41) is 9.42. The number of carbonyl (C=O) groups is 1. The number of benzene rings is 1. The number of piperazine rings is 1. The Kier molecular flexibility index (Phi) is 4.60. The van der Waals surface area contributed by atoms with Crippen LogP contribution in [0.3, 0.4) is 0 Å². The number of carboxylic acid groups (broad SMARTS) is 1. The minimum atomic E-state index is -3.73. The number of nitrogens with one attached hydrogen (secondary N) is 1. The third kappa shape index (κ3) is 3.78. The van der Waals surface area contributed by atoms with Crippen LogP contribution in [0, 0.1) is 0 Å². The van der Waals surface area contributed by atoms with Crippen molar-refractivity contribution in [2.75, 3.05) is 24.4 Å². The minimum absolute atomic E-state index is 0.113. The Balaban J connectivity index is 2.09. The molecule has 1 aliphatic rings. The Bertz CT molecular complexity index is 637. The number of rotatable bonds is 3. The van der Waals surface area contributed by atoms with Crippen LogP contribution in [0.25, 0.3) is 0 Å². The summed E-state index contributed by atoms with van der Waals surface area (Å²) in [6.45, 7) is 2.05. The normalized spacial score (nSPS) is 20.3. The Hall–Kier alpha value is -1.51. The van der Waals surface area contributed by atoms with E-state index in [1.807, 2.05) is 0 Å². The Morgan fingerprint density at radius 1 is 1.43 bits per heavy atom. The molecule has 1 amide bonds. The zero-order valence-electron chi connectivity index (χ0n) is 11.4. The summed E-state index contributed by atoms with van der Waals surface area (Å²) in [5.41, 5.74) is 0.371. The topological polar surface area (TPSA) is 90.0 Å². The van der Waals surface area contributed by atoms with Crippen LogP contribution < -0.4 is 4.72 Å². The van der Waals surface area contributed by atoms with Crippen molar-refractivity contribution in [1.29, 1.82) is 0 Å². The molecule has 1 aromatic rings. The fraction of sp³-hybridized carbons (Fsp3) is 0.417. The van der Waals surface area contributed by atoms with Crippen molar-refractivity contribution in [3.8, 4) is 0 Å². The molecule has 9 heteroatoms. The van der Waals surface area contributed by atoms with E-state index in [4.69, 9.17) is 16.7 Å². The molecule has 1 saturated heterocycles. The molecule has 0 radical (unpaired) electrons. The number of amides is 1. The Morgan fingerprint density at radius 2 is 2.14 bits per heavy atom. The first-order chi connectivity index (χ1) is 9.79. The third-order valence-electron chi connectivity index (χ3n) is 3.25. The predicted molar refractivity (Wildman–Crippen MR) is 79.8 cm³/mol. The van der Waals surface area contributed by atoms with Crippen molar-refractivity contribution in [2.45, 2.75) is 13.0 Å². The molecule has 21 heavy (non-hydrogen) atoms. The van der Waals surface area contributed by atoms with Gasteiger partial charge in [-0.05, 0) is 25.1 Å². The summed E-state index contributed by atoms with van der Waals surface area (Å²) >= 11 is 5.82. The molecule has 0 bridgehead atoms. The zero-order chi connectivity index (χ0) is 15.6. The van der Waals surface area contributed by atoms with Gasteiger partial charge in [0.05, 0.1) is 5.69 Å². The maximum absolute atomic E-state index is 12.3. The highest BCUT2D eigenvalue weighted by atomic mass is 35.5. The van der Waals surface area contributed by atoms with Gasteiger partial charge < -0.3 is 10.0 Å². The second kappa shape index (κ2) is 6.08. The molecule has 1 aliphatic heterocycles. The summed E-state index contributed by atoms with van der Waals surface area (Å²) in [5.74, 6) is 0. The molecule has 0 aromatic heterocycles. The van der Waals surface area contributed by atoms with Gasteiger partial charge in [-0.1, -0.05) is 17.7 Å². The molecule has 1 atom stereocenters. The van der Waals surface area contributed by atoms with Crippen molar-refractivity contribution in [3.63, 3.8) is 0 Å². The predicted octanol–water partition coefficient (Wildman–Crippen LogP) is 1.68. The van der Waals surface area contributed by atoms with Gasteiger partial charge >= 0.3 is 16.3 Å². The summed E-state index contributed by atoms with van der Waals surface area (Å²) < 4.78 is 28.3. The lowest BCUT2D eigenvalue weighted by atomic mass is 10.2. The lowest BCUT2D eigenvalue weighted by Gasteiger charge is -2.37. The van der Waals surface area contributed by atoms with E-state index >= 15 is 0 Å². The lowest BCUT2D eigenvalue weighted by Crippen LogP contribution is -2.56. The van der Waals surface area contributed by atoms with Gasteiger partial charge in [0.2, 0.25) is 0 Å². The number of nitrogens with zero attached hydrogens (tertiary/aromatic N) is 2. The van der Waals surface area contributed by atoms with Crippen LogP contribution in [-0.2, 0) is 10.2 Å². The Labute approximate surface area is 128 Å². The smallest absolute Gasteiger partial charge is 0.407 e. The lowest BCUT2D eigenvalue weighted by molar-refractivity contribution is 0.0994. The number of hydrogen-bond acceptors (Lipinski definition) is 3. The minimum Gasteiger partial charge on any atom is -0.465 e. The molecule has 1 heterocycles. The monoisotopic (exact) mass is 333 g/mol.